The van der Waals surface area contributed by atoms with Crippen molar-refractivity contribution in [1.82, 2.24) is 4.31 Å². The predicted molar refractivity (Wildman–Crippen MR) is 72.8 cm³/mol. The van der Waals surface area contributed by atoms with Crippen LogP contribution in [0, 0.1) is 6.92 Å². The highest BCUT2D eigenvalue weighted by atomic mass is 32.2. The minimum absolute atomic E-state index is 0.368. The summed E-state index contributed by atoms with van der Waals surface area (Å²) in [5.74, 6) is 0. The van der Waals surface area contributed by atoms with Gasteiger partial charge in [0.2, 0.25) is 10.0 Å². The molecule has 0 unspecified atom stereocenters. The summed E-state index contributed by atoms with van der Waals surface area (Å²) in [6, 6.07) is 6.98. The molecule has 4 heteroatoms. The number of allylic oxidation sites excluding steroid dienone is 2. The molecule has 0 aromatic heterocycles. The molecule has 1 aromatic carbocycles. The van der Waals surface area contributed by atoms with Gasteiger partial charge in [-0.3, -0.25) is 0 Å². The molecule has 1 aliphatic rings. The van der Waals surface area contributed by atoms with E-state index < -0.39 is 10.0 Å². The molecule has 1 saturated heterocycles. The third-order valence-electron chi connectivity index (χ3n) is 3.07. The average Bonchev–Trinajstić information content (AvgIpc) is 2.79. The highest BCUT2D eigenvalue weighted by Crippen LogP contribution is 2.23. The Labute approximate surface area is 108 Å². The van der Waals surface area contributed by atoms with Crippen molar-refractivity contribution in [3.63, 3.8) is 0 Å². The van der Waals surface area contributed by atoms with Crippen LogP contribution < -0.4 is 0 Å². The zero-order chi connectivity index (χ0) is 13.2. The van der Waals surface area contributed by atoms with Gasteiger partial charge in [0.05, 0.1) is 4.90 Å². The van der Waals surface area contributed by atoms with Crippen LogP contribution >= 0.6 is 0 Å². The number of aryl methyl sites for hydroxylation is 1. The van der Waals surface area contributed by atoms with Gasteiger partial charge in [0.25, 0.3) is 0 Å². The molecule has 0 atom stereocenters. The fraction of sp³-hybridized carbons (Fsp3) is 0.286. The van der Waals surface area contributed by atoms with Crippen LogP contribution in [-0.4, -0.2) is 25.8 Å². The fourth-order valence-electron chi connectivity index (χ4n) is 2.02. The lowest BCUT2D eigenvalue weighted by Gasteiger charge is -2.15. The number of nitrogens with zero attached hydrogens (tertiary/aromatic N) is 1. The summed E-state index contributed by atoms with van der Waals surface area (Å²) in [4.78, 5) is 0.368. The van der Waals surface area contributed by atoms with E-state index in [2.05, 4.69) is 6.58 Å². The monoisotopic (exact) mass is 263 g/mol. The first-order chi connectivity index (χ1) is 8.54. The van der Waals surface area contributed by atoms with Crippen LogP contribution in [0.3, 0.4) is 0 Å². The number of sulfonamides is 1. The summed E-state index contributed by atoms with van der Waals surface area (Å²) in [6.07, 6.45) is 4.39. The van der Waals surface area contributed by atoms with Crippen molar-refractivity contribution in [3.8, 4) is 0 Å². The van der Waals surface area contributed by atoms with Gasteiger partial charge in [0.1, 0.15) is 0 Å². The van der Waals surface area contributed by atoms with Crippen molar-refractivity contribution in [2.24, 2.45) is 0 Å². The first-order valence-electron chi connectivity index (χ1n) is 5.91. The lowest BCUT2D eigenvalue weighted by molar-refractivity contribution is 0.481. The molecule has 0 bridgehead atoms. The van der Waals surface area contributed by atoms with E-state index in [1.165, 1.54) is 4.31 Å². The normalized spacial score (nSPS) is 19.3. The molecule has 0 radical (unpaired) electrons. The standard InChI is InChI=1S/C14H17NO2S/c1-3-4-13-9-10-15(11-13)18(16,17)14-7-5-12(2)6-8-14/h3-8H,1,9-11H2,2H3/b13-4+. The Morgan fingerprint density at radius 2 is 1.94 bits per heavy atom. The van der Waals surface area contributed by atoms with E-state index in [1.54, 1.807) is 18.2 Å². The SMILES string of the molecule is C=C/C=C1\CCN(S(=O)(=O)c2ccc(C)cc2)C1. The molecule has 0 amide bonds. The van der Waals surface area contributed by atoms with Crippen LogP contribution in [-0.2, 0) is 10.0 Å². The summed E-state index contributed by atoms with van der Waals surface area (Å²) >= 11 is 0. The zero-order valence-electron chi connectivity index (χ0n) is 10.5. The predicted octanol–water partition coefficient (Wildman–Crippen LogP) is 2.50. The summed E-state index contributed by atoms with van der Waals surface area (Å²) in [5.41, 5.74) is 2.17. The smallest absolute Gasteiger partial charge is 0.207 e. The Morgan fingerprint density at radius 3 is 2.56 bits per heavy atom. The zero-order valence-corrected chi connectivity index (χ0v) is 11.3. The van der Waals surface area contributed by atoms with E-state index in [1.807, 2.05) is 25.1 Å². The van der Waals surface area contributed by atoms with Crippen LogP contribution in [0.4, 0.5) is 0 Å². The van der Waals surface area contributed by atoms with Crippen molar-refractivity contribution < 1.29 is 8.42 Å². The Bertz CT molecular complexity index is 570. The molecule has 2 rings (SSSR count). The van der Waals surface area contributed by atoms with Crippen LogP contribution in [0.5, 0.6) is 0 Å². The maximum atomic E-state index is 12.4. The Balaban J connectivity index is 2.25. The maximum Gasteiger partial charge on any atom is 0.243 e. The van der Waals surface area contributed by atoms with Gasteiger partial charge in [-0.15, -0.1) is 0 Å². The van der Waals surface area contributed by atoms with Crippen LogP contribution in [0.25, 0.3) is 0 Å². The van der Waals surface area contributed by atoms with E-state index in [4.69, 9.17) is 0 Å². The Hall–Kier alpha value is -1.39. The molecule has 3 nitrogen and oxygen atoms in total. The van der Waals surface area contributed by atoms with E-state index in [-0.39, 0.29) is 0 Å². The van der Waals surface area contributed by atoms with E-state index in [0.717, 1.165) is 17.6 Å². The molecule has 1 fully saturated rings. The molecule has 96 valence electrons. The van der Waals surface area contributed by atoms with Crippen molar-refractivity contribution in [1.29, 1.82) is 0 Å². The van der Waals surface area contributed by atoms with Crippen molar-refractivity contribution in [2.75, 3.05) is 13.1 Å². The van der Waals surface area contributed by atoms with Crippen LogP contribution in [0.15, 0.2) is 53.5 Å². The Morgan fingerprint density at radius 1 is 1.28 bits per heavy atom. The number of benzene rings is 1. The van der Waals surface area contributed by atoms with Crippen molar-refractivity contribution >= 4 is 10.0 Å². The summed E-state index contributed by atoms with van der Waals surface area (Å²) < 4.78 is 26.3. The molecular weight excluding hydrogens is 246 g/mol. The molecule has 1 aliphatic heterocycles. The first kappa shape index (κ1) is 13.1. The summed E-state index contributed by atoms with van der Waals surface area (Å²) in [7, 11) is -3.35. The van der Waals surface area contributed by atoms with Gasteiger partial charge in [-0.2, -0.15) is 4.31 Å². The third-order valence-corrected chi connectivity index (χ3v) is 4.93. The maximum absolute atomic E-state index is 12.4. The second-order valence-corrected chi connectivity index (χ2v) is 6.40. The molecule has 0 N–H and O–H groups in total. The van der Waals surface area contributed by atoms with Gasteiger partial charge in [-0.25, -0.2) is 8.42 Å². The van der Waals surface area contributed by atoms with Gasteiger partial charge in [0, 0.05) is 13.1 Å². The molecule has 0 spiro atoms. The van der Waals surface area contributed by atoms with Gasteiger partial charge in [0.15, 0.2) is 0 Å². The number of hydrogen-bond donors (Lipinski definition) is 0. The van der Waals surface area contributed by atoms with Gasteiger partial charge < -0.3 is 0 Å². The first-order valence-corrected chi connectivity index (χ1v) is 7.35. The van der Waals surface area contributed by atoms with Crippen LogP contribution in [0.2, 0.25) is 0 Å². The largest absolute Gasteiger partial charge is 0.243 e. The molecule has 1 heterocycles. The van der Waals surface area contributed by atoms with Gasteiger partial charge in [-0.05, 0) is 25.5 Å². The molecule has 1 aromatic rings. The number of hydrogen-bond acceptors (Lipinski definition) is 2. The van der Waals surface area contributed by atoms with E-state index in [0.29, 0.717) is 18.0 Å². The lowest BCUT2D eigenvalue weighted by atomic mass is 10.2. The van der Waals surface area contributed by atoms with Crippen molar-refractivity contribution in [2.45, 2.75) is 18.2 Å². The molecule has 18 heavy (non-hydrogen) atoms. The number of rotatable bonds is 3. The van der Waals surface area contributed by atoms with Gasteiger partial charge in [-0.1, -0.05) is 42.0 Å². The lowest BCUT2D eigenvalue weighted by Crippen LogP contribution is -2.28. The molecular formula is C14H17NO2S. The van der Waals surface area contributed by atoms with E-state index in [9.17, 15) is 8.42 Å². The second-order valence-electron chi connectivity index (χ2n) is 4.46. The fourth-order valence-corrected chi connectivity index (χ4v) is 3.47. The third kappa shape index (κ3) is 2.54. The summed E-state index contributed by atoms with van der Waals surface area (Å²) in [6.45, 7) is 6.60. The van der Waals surface area contributed by atoms with Gasteiger partial charge >= 0.3 is 0 Å². The molecule has 0 aliphatic carbocycles. The highest BCUT2D eigenvalue weighted by molar-refractivity contribution is 7.89. The Kier molecular flexibility index (Phi) is 3.68. The highest BCUT2D eigenvalue weighted by Gasteiger charge is 2.28. The minimum Gasteiger partial charge on any atom is -0.207 e. The van der Waals surface area contributed by atoms with E-state index >= 15 is 0 Å². The quantitative estimate of drug-likeness (QED) is 0.840. The average molecular weight is 263 g/mol. The summed E-state index contributed by atoms with van der Waals surface area (Å²) in [5, 5.41) is 0. The topological polar surface area (TPSA) is 37.4 Å². The minimum atomic E-state index is -3.35. The molecule has 0 saturated carbocycles. The van der Waals surface area contributed by atoms with Crippen molar-refractivity contribution in [3.05, 3.63) is 54.1 Å². The second kappa shape index (κ2) is 5.08. The van der Waals surface area contributed by atoms with Crippen LogP contribution in [0.1, 0.15) is 12.0 Å².